The largest absolute Gasteiger partial charge is 0.497 e. The zero-order chi connectivity index (χ0) is 19.4. The van der Waals surface area contributed by atoms with Gasteiger partial charge < -0.3 is 20.1 Å². The molecule has 0 bridgehead atoms. The number of carbonyl (C=O) groups is 2. The van der Waals surface area contributed by atoms with Crippen molar-refractivity contribution in [1.82, 2.24) is 5.32 Å². The SMILES string of the molecule is COc1ccc(OC)c(NC(=O)CNC(=O)c2sc3ccccc3c2Cl)c1. The quantitative estimate of drug-likeness (QED) is 0.652. The summed E-state index contributed by atoms with van der Waals surface area (Å²) in [5, 5.41) is 6.50. The summed E-state index contributed by atoms with van der Waals surface area (Å²) >= 11 is 7.58. The highest BCUT2D eigenvalue weighted by atomic mass is 35.5. The average Bonchev–Trinajstić information content (AvgIpc) is 3.03. The Morgan fingerprint density at radius 2 is 1.89 bits per heavy atom. The smallest absolute Gasteiger partial charge is 0.263 e. The van der Waals surface area contributed by atoms with Gasteiger partial charge in [-0.1, -0.05) is 29.8 Å². The summed E-state index contributed by atoms with van der Waals surface area (Å²) in [6.07, 6.45) is 0. The van der Waals surface area contributed by atoms with E-state index in [9.17, 15) is 9.59 Å². The molecule has 0 spiro atoms. The number of benzene rings is 2. The maximum absolute atomic E-state index is 12.4. The van der Waals surface area contributed by atoms with E-state index in [1.54, 1.807) is 18.2 Å². The molecular weight excluding hydrogens is 388 g/mol. The second-order valence-electron chi connectivity index (χ2n) is 5.54. The fourth-order valence-corrected chi connectivity index (χ4v) is 3.94. The molecule has 0 unspecified atom stereocenters. The van der Waals surface area contributed by atoms with Crippen molar-refractivity contribution in [3.63, 3.8) is 0 Å². The number of rotatable bonds is 6. The van der Waals surface area contributed by atoms with E-state index in [1.807, 2.05) is 24.3 Å². The molecule has 0 aliphatic heterocycles. The van der Waals surface area contributed by atoms with E-state index in [0.29, 0.717) is 27.1 Å². The molecular formula is C19H17ClN2O4S. The Balaban J connectivity index is 1.67. The number of methoxy groups -OCH3 is 2. The molecule has 2 amide bonds. The van der Waals surface area contributed by atoms with Crippen molar-refractivity contribution in [2.75, 3.05) is 26.1 Å². The first kappa shape index (κ1) is 19.0. The molecule has 2 N–H and O–H groups in total. The third kappa shape index (κ3) is 4.15. The van der Waals surface area contributed by atoms with E-state index in [-0.39, 0.29) is 6.54 Å². The topological polar surface area (TPSA) is 76.7 Å². The highest BCUT2D eigenvalue weighted by Gasteiger charge is 2.18. The summed E-state index contributed by atoms with van der Waals surface area (Å²) in [5.74, 6) is 0.274. The van der Waals surface area contributed by atoms with Gasteiger partial charge in [0.15, 0.2) is 0 Å². The van der Waals surface area contributed by atoms with Crippen LogP contribution in [0.5, 0.6) is 11.5 Å². The second kappa shape index (κ2) is 8.28. The number of carbonyl (C=O) groups excluding carboxylic acids is 2. The van der Waals surface area contributed by atoms with Crippen molar-refractivity contribution in [2.24, 2.45) is 0 Å². The molecule has 0 saturated carbocycles. The number of thiophene rings is 1. The van der Waals surface area contributed by atoms with E-state index in [4.69, 9.17) is 21.1 Å². The summed E-state index contributed by atoms with van der Waals surface area (Å²) in [6, 6.07) is 12.5. The standard InChI is InChI=1S/C19H17ClN2O4S/c1-25-11-7-8-14(26-2)13(9-11)22-16(23)10-21-19(24)18-17(20)12-5-3-4-6-15(12)27-18/h3-9H,10H2,1-2H3,(H,21,24)(H,22,23). The van der Waals surface area contributed by atoms with E-state index in [1.165, 1.54) is 25.6 Å². The lowest BCUT2D eigenvalue weighted by atomic mass is 10.2. The molecule has 27 heavy (non-hydrogen) atoms. The van der Waals surface area contributed by atoms with Crippen LogP contribution < -0.4 is 20.1 Å². The number of nitrogens with one attached hydrogen (secondary N) is 2. The molecule has 0 aliphatic carbocycles. The molecule has 3 aromatic rings. The Morgan fingerprint density at radius 1 is 1.11 bits per heavy atom. The van der Waals surface area contributed by atoms with Gasteiger partial charge >= 0.3 is 0 Å². The first-order chi connectivity index (χ1) is 13.0. The maximum atomic E-state index is 12.4. The summed E-state index contributed by atoms with van der Waals surface area (Å²) in [4.78, 5) is 25.0. The molecule has 8 heteroatoms. The zero-order valence-corrected chi connectivity index (χ0v) is 16.2. The molecule has 2 aromatic carbocycles. The summed E-state index contributed by atoms with van der Waals surface area (Å²) < 4.78 is 11.3. The minimum Gasteiger partial charge on any atom is -0.497 e. The van der Waals surface area contributed by atoms with Crippen LogP contribution in [0.2, 0.25) is 5.02 Å². The molecule has 1 heterocycles. The van der Waals surface area contributed by atoms with Gasteiger partial charge in [0.05, 0.1) is 31.5 Å². The average molecular weight is 405 g/mol. The minimum absolute atomic E-state index is 0.205. The first-order valence-electron chi connectivity index (χ1n) is 8.00. The van der Waals surface area contributed by atoms with E-state index >= 15 is 0 Å². The third-order valence-electron chi connectivity index (χ3n) is 3.83. The van der Waals surface area contributed by atoms with Crippen LogP contribution in [-0.4, -0.2) is 32.6 Å². The summed E-state index contributed by atoms with van der Waals surface area (Å²) in [7, 11) is 3.03. The molecule has 1 aromatic heterocycles. The molecule has 3 rings (SSSR count). The summed E-state index contributed by atoms with van der Waals surface area (Å²) in [5.41, 5.74) is 0.455. The van der Waals surface area contributed by atoms with E-state index in [0.717, 1.165) is 10.1 Å². The number of halogens is 1. The summed E-state index contributed by atoms with van der Waals surface area (Å²) in [6.45, 7) is -0.205. The van der Waals surface area contributed by atoms with Crippen molar-refractivity contribution in [3.05, 3.63) is 52.4 Å². The van der Waals surface area contributed by atoms with Crippen molar-refractivity contribution in [1.29, 1.82) is 0 Å². The first-order valence-corrected chi connectivity index (χ1v) is 9.20. The molecule has 0 aliphatic rings. The Labute approximate surface area is 165 Å². The van der Waals surface area contributed by atoms with Gasteiger partial charge in [-0.15, -0.1) is 11.3 Å². The molecule has 0 radical (unpaired) electrons. The predicted molar refractivity (Wildman–Crippen MR) is 107 cm³/mol. The number of ether oxygens (including phenoxy) is 2. The van der Waals surface area contributed by atoms with Crippen LogP contribution in [0.1, 0.15) is 9.67 Å². The highest BCUT2D eigenvalue weighted by Crippen LogP contribution is 2.35. The Hall–Kier alpha value is -2.77. The lowest BCUT2D eigenvalue weighted by Gasteiger charge is -2.12. The number of amides is 2. The van der Waals surface area contributed by atoms with Crippen LogP contribution in [0, 0.1) is 0 Å². The maximum Gasteiger partial charge on any atom is 0.263 e. The molecule has 0 fully saturated rings. The Kier molecular flexibility index (Phi) is 5.83. The monoisotopic (exact) mass is 404 g/mol. The van der Waals surface area contributed by atoms with Gasteiger partial charge in [-0.2, -0.15) is 0 Å². The zero-order valence-electron chi connectivity index (χ0n) is 14.7. The Bertz CT molecular complexity index is 1000. The minimum atomic E-state index is -0.396. The van der Waals surface area contributed by atoms with Crippen LogP contribution in [0.25, 0.3) is 10.1 Å². The van der Waals surface area contributed by atoms with Crippen molar-refractivity contribution in [3.8, 4) is 11.5 Å². The van der Waals surface area contributed by atoms with Crippen LogP contribution in [0.3, 0.4) is 0 Å². The van der Waals surface area contributed by atoms with Crippen LogP contribution in [0.4, 0.5) is 5.69 Å². The normalized spacial score (nSPS) is 10.5. The van der Waals surface area contributed by atoms with Gasteiger partial charge in [0.1, 0.15) is 16.4 Å². The van der Waals surface area contributed by atoms with Crippen molar-refractivity contribution < 1.29 is 19.1 Å². The molecule has 6 nitrogen and oxygen atoms in total. The lowest BCUT2D eigenvalue weighted by molar-refractivity contribution is -0.115. The van der Waals surface area contributed by atoms with Crippen LogP contribution in [-0.2, 0) is 4.79 Å². The van der Waals surface area contributed by atoms with Gasteiger partial charge in [-0.05, 0) is 18.2 Å². The van der Waals surface area contributed by atoms with Crippen molar-refractivity contribution in [2.45, 2.75) is 0 Å². The van der Waals surface area contributed by atoms with Crippen LogP contribution in [0.15, 0.2) is 42.5 Å². The fourth-order valence-electron chi connectivity index (χ4n) is 2.51. The Morgan fingerprint density at radius 3 is 2.59 bits per heavy atom. The van der Waals surface area contributed by atoms with Gasteiger partial charge in [-0.3, -0.25) is 9.59 Å². The van der Waals surface area contributed by atoms with Gasteiger partial charge in [0, 0.05) is 16.2 Å². The predicted octanol–water partition coefficient (Wildman–Crippen LogP) is 3.94. The number of anilines is 1. The van der Waals surface area contributed by atoms with Gasteiger partial charge in [-0.25, -0.2) is 0 Å². The number of fused-ring (bicyclic) bond motifs is 1. The van der Waals surface area contributed by atoms with Crippen LogP contribution >= 0.6 is 22.9 Å². The number of hydrogen-bond donors (Lipinski definition) is 2. The lowest BCUT2D eigenvalue weighted by Crippen LogP contribution is -2.32. The van der Waals surface area contributed by atoms with E-state index < -0.39 is 11.8 Å². The molecule has 0 atom stereocenters. The van der Waals surface area contributed by atoms with Gasteiger partial charge in [0.2, 0.25) is 5.91 Å². The number of hydrogen-bond acceptors (Lipinski definition) is 5. The highest BCUT2D eigenvalue weighted by molar-refractivity contribution is 7.21. The van der Waals surface area contributed by atoms with E-state index in [2.05, 4.69) is 10.6 Å². The third-order valence-corrected chi connectivity index (χ3v) is 5.51. The fraction of sp³-hybridized carbons (Fsp3) is 0.158. The van der Waals surface area contributed by atoms with Crippen molar-refractivity contribution >= 4 is 50.5 Å². The second-order valence-corrected chi connectivity index (χ2v) is 6.97. The molecule has 0 saturated heterocycles. The molecule has 140 valence electrons. The van der Waals surface area contributed by atoms with Gasteiger partial charge in [0.25, 0.3) is 5.91 Å².